The first-order chi connectivity index (χ1) is 8.31. The fourth-order valence-corrected chi connectivity index (χ4v) is 2.14. The van der Waals surface area contributed by atoms with Gasteiger partial charge in [0, 0.05) is 24.1 Å². The van der Waals surface area contributed by atoms with Crippen molar-refractivity contribution in [3.63, 3.8) is 0 Å². The SMILES string of the molecule is Cn1cc(CC(C)(C)C(=O)O)c2cc(F)ccc21. The number of aromatic nitrogens is 1. The first-order valence-electron chi connectivity index (χ1n) is 5.78. The van der Waals surface area contributed by atoms with Gasteiger partial charge >= 0.3 is 5.97 Å². The molecule has 2 rings (SSSR count). The van der Waals surface area contributed by atoms with Crippen molar-refractivity contribution >= 4 is 16.9 Å². The molecule has 0 amide bonds. The van der Waals surface area contributed by atoms with Crippen molar-refractivity contribution in [3.8, 4) is 0 Å². The van der Waals surface area contributed by atoms with E-state index in [1.807, 2.05) is 17.8 Å². The highest BCUT2D eigenvalue weighted by Gasteiger charge is 2.28. The molecule has 3 nitrogen and oxygen atoms in total. The Morgan fingerprint density at radius 1 is 1.44 bits per heavy atom. The predicted octanol–water partition coefficient (Wildman–Crippen LogP) is 2.97. The van der Waals surface area contributed by atoms with E-state index < -0.39 is 11.4 Å². The second-order valence-corrected chi connectivity index (χ2v) is 5.29. The molecule has 0 aliphatic carbocycles. The Morgan fingerprint density at radius 3 is 2.72 bits per heavy atom. The Kier molecular flexibility index (Phi) is 2.89. The van der Waals surface area contributed by atoms with Crippen LogP contribution in [0.15, 0.2) is 24.4 Å². The summed E-state index contributed by atoms with van der Waals surface area (Å²) in [6.07, 6.45) is 2.25. The number of benzene rings is 1. The summed E-state index contributed by atoms with van der Waals surface area (Å²) >= 11 is 0. The minimum Gasteiger partial charge on any atom is -0.481 e. The molecule has 1 heterocycles. The van der Waals surface area contributed by atoms with Crippen LogP contribution in [-0.2, 0) is 18.3 Å². The highest BCUT2D eigenvalue weighted by Crippen LogP contribution is 2.29. The third-order valence-corrected chi connectivity index (χ3v) is 3.25. The maximum Gasteiger partial charge on any atom is 0.309 e. The lowest BCUT2D eigenvalue weighted by Crippen LogP contribution is -2.26. The first-order valence-corrected chi connectivity index (χ1v) is 5.78. The van der Waals surface area contributed by atoms with Gasteiger partial charge < -0.3 is 9.67 Å². The van der Waals surface area contributed by atoms with E-state index in [9.17, 15) is 9.18 Å². The van der Waals surface area contributed by atoms with Crippen molar-refractivity contribution in [1.29, 1.82) is 0 Å². The van der Waals surface area contributed by atoms with Gasteiger partial charge in [0.05, 0.1) is 5.41 Å². The maximum absolute atomic E-state index is 13.3. The molecule has 0 unspecified atom stereocenters. The zero-order valence-electron chi connectivity index (χ0n) is 10.7. The average molecular weight is 249 g/mol. The number of nitrogens with zero attached hydrogens (tertiary/aromatic N) is 1. The molecule has 1 N–H and O–H groups in total. The number of carboxylic acids is 1. The van der Waals surface area contributed by atoms with Crippen LogP contribution in [0, 0.1) is 11.2 Å². The van der Waals surface area contributed by atoms with Crippen molar-refractivity contribution in [3.05, 3.63) is 35.8 Å². The van der Waals surface area contributed by atoms with Crippen LogP contribution in [0.5, 0.6) is 0 Å². The summed E-state index contributed by atoms with van der Waals surface area (Å²) in [7, 11) is 1.87. The highest BCUT2D eigenvalue weighted by atomic mass is 19.1. The van der Waals surface area contributed by atoms with Crippen LogP contribution in [-0.4, -0.2) is 15.6 Å². The number of carbonyl (C=O) groups is 1. The highest BCUT2D eigenvalue weighted by molar-refractivity contribution is 5.85. The molecule has 0 saturated carbocycles. The quantitative estimate of drug-likeness (QED) is 0.908. The van der Waals surface area contributed by atoms with Gasteiger partial charge in [-0.15, -0.1) is 0 Å². The Bertz CT molecular complexity index is 614. The van der Waals surface area contributed by atoms with E-state index in [1.54, 1.807) is 19.9 Å². The molecule has 4 heteroatoms. The number of halogens is 1. The van der Waals surface area contributed by atoms with E-state index in [-0.39, 0.29) is 5.82 Å². The maximum atomic E-state index is 13.3. The summed E-state index contributed by atoms with van der Waals surface area (Å²) < 4.78 is 15.2. The lowest BCUT2D eigenvalue weighted by atomic mass is 9.86. The molecule has 0 aliphatic rings. The zero-order chi connectivity index (χ0) is 13.5. The largest absolute Gasteiger partial charge is 0.481 e. The molecular formula is C14H16FNO2. The number of rotatable bonds is 3. The molecule has 0 bridgehead atoms. The Hall–Kier alpha value is -1.84. The van der Waals surface area contributed by atoms with Crippen LogP contribution in [0.25, 0.3) is 10.9 Å². The van der Waals surface area contributed by atoms with Gasteiger partial charge in [0.15, 0.2) is 0 Å². The number of aryl methyl sites for hydroxylation is 1. The van der Waals surface area contributed by atoms with Crippen molar-refractivity contribution in [2.45, 2.75) is 20.3 Å². The minimum atomic E-state index is -0.861. The van der Waals surface area contributed by atoms with Gasteiger partial charge in [0.2, 0.25) is 0 Å². The van der Waals surface area contributed by atoms with Crippen LogP contribution in [0.4, 0.5) is 4.39 Å². The van der Waals surface area contributed by atoms with Crippen LogP contribution in [0.3, 0.4) is 0 Å². The third kappa shape index (κ3) is 2.10. The zero-order valence-corrected chi connectivity index (χ0v) is 10.7. The van der Waals surface area contributed by atoms with Gasteiger partial charge in [0.25, 0.3) is 0 Å². The molecule has 0 radical (unpaired) electrons. The number of aliphatic carboxylic acids is 1. The predicted molar refractivity (Wildman–Crippen MR) is 68.0 cm³/mol. The molecule has 1 aromatic heterocycles. The number of fused-ring (bicyclic) bond motifs is 1. The molecular weight excluding hydrogens is 233 g/mol. The lowest BCUT2D eigenvalue weighted by molar-refractivity contribution is -0.146. The van der Waals surface area contributed by atoms with E-state index in [0.29, 0.717) is 6.42 Å². The van der Waals surface area contributed by atoms with E-state index in [2.05, 4.69) is 0 Å². The van der Waals surface area contributed by atoms with Crippen molar-refractivity contribution in [2.75, 3.05) is 0 Å². The summed E-state index contributed by atoms with van der Waals surface area (Å²) in [6, 6.07) is 4.58. The summed E-state index contributed by atoms with van der Waals surface area (Å²) in [5, 5.41) is 9.94. The van der Waals surface area contributed by atoms with Gasteiger partial charge in [-0.3, -0.25) is 4.79 Å². The first kappa shape index (κ1) is 12.6. The fourth-order valence-electron chi connectivity index (χ4n) is 2.14. The normalized spacial score (nSPS) is 12.0. The topological polar surface area (TPSA) is 42.2 Å². The smallest absolute Gasteiger partial charge is 0.309 e. The molecule has 2 aromatic rings. The van der Waals surface area contributed by atoms with E-state index in [4.69, 9.17) is 5.11 Å². The van der Waals surface area contributed by atoms with Crippen molar-refractivity contribution in [1.82, 2.24) is 4.57 Å². The van der Waals surface area contributed by atoms with Crippen LogP contribution in [0.1, 0.15) is 19.4 Å². The molecule has 1 aromatic carbocycles. The summed E-state index contributed by atoms with van der Waals surface area (Å²) in [4.78, 5) is 11.2. The van der Waals surface area contributed by atoms with Gasteiger partial charge in [-0.2, -0.15) is 0 Å². The van der Waals surface area contributed by atoms with E-state index in [0.717, 1.165) is 16.5 Å². The van der Waals surface area contributed by atoms with Gasteiger partial charge in [0.1, 0.15) is 5.82 Å². The molecule has 0 saturated heterocycles. The third-order valence-electron chi connectivity index (χ3n) is 3.25. The monoisotopic (exact) mass is 249 g/mol. The van der Waals surface area contributed by atoms with Gasteiger partial charge in [-0.1, -0.05) is 0 Å². The van der Waals surface area contributed by atoms with Crippen molar-refractivity contribution < 1.29 is 14.3 Å². The molecule has 0 aliphatic heterocycles. The standard InChI is InChI=1S/C14H16FNO2/c1-14(2,13(17)18)7-9-8-16(3)12-5-4-10(15)6-11(9)12/h4-6,8H,7H2,1-3H3,(H,17,18). The Balaban J connectivity index is 2.52. The molecule has 0 spiro atoms. The number of carboxylic acid groups (broad SMARTS) is 1. The Morgan fingerprint density at radius 2 is 2.11 bits per heavy atom. The van der Waals surface area contributed by atoms with Crippen molar-refractivity contribution in [2.24, 2.45) is 12.5 Å². The van der Waals surface area contributed by atoms with E-state index in [1.165, 1.54) is 12.1 Å². The summed E-state index contributed by atoms with van der Waals surface area (Å²) in [5.41, 5.74) is 0.910. The van der Waals surface area contributed by atoms with E-state index >= 15 is 0 Å². The van der Waals surface area contributed by atoms with Crippen LogP contribution < -0.4 is 0 Å². The number of hydrogen-bond acceptors (Lipinski definition) is 1. The molecule has 0 atom stereocenters. The molecule has 96 valence electrons. The lowest BCUT2D eigenvalue weighted by Gasteiger charge is -2.18. The summed E-state index contributed by atoms with van der Waals surface area (Å²) in [6.45, 7) is 3.35. The van der Waals surface area contributed by atoms with Crippen LogP contribution >= 0.6 is 0 Å². The Labute approximate surface area is 105 Å². The number of hydrogen-bond donors (Lipinski definition) is 1. The second-order valence-electron chi connectivity index (χ2n) is 5.29. The van der Waals surface area contributed by atoms with Gasteiger partial charge in [-0.25, -0.2) is 4.39 Å². The van der Waals surface area contributed by atoms with Gasteiger partial charge in [-0.05, 0) is 44.0 Å². The van der Waals surface area contributed by atoms with Crippen LogP contribution in [0.2, 0.25) is 0 Å². The average Bonchev–Trinajstić information content (AvgIpc) is 2.54. The minimum absolute atomic E-state index is 0.303. The fraction of sp³-hybridized carbons (Fsp3) is 0.357. The molecule has 18 heavy (non-hydrogen) atoms. The second kappa shape index (κ2) is 4.12. The molecule has 0 fully saturated rings. The summed E-state index contributed by atoms with van der Waals surface area (Å²) in [5.74, 6) is -1.15.